The zero-order valence-electron chi connectivity index (χ0n) is 13.4. The topological polar surface area (TPSA) is 43.1 Å². The molecule has 1 aliphatic rings. The fourth-order valence-electron chi connectivity index (χ4n) is 3.33. The van der Waals surface area contributed by atoms with E-state index >= 15 is 0 Å². The lowest BCUT2D eigenvalue weighted by atomic mass is 10.1. The maximum atomic E-state index is 13.0. The van der Waals surface area contributed by atoms with Crippen LogP contribution in [0.5, 0.6) is 0 Å². The Labute approximate surface area is 145 Å². The zero-order valence-corrected chi connectivity index (χ0v) is 14.2. The highest BCUT2D eigenvalue weighted by Gasteiger charge is 2.27. The molecule has 1 aliphatic heterocycles. The monoisotopic (exact) mass is 340 g/mol. The van der Waals surface area contributed by atoms with Gasteiger partial charge in [-0.2, -0.15) is 5.10 Å². The minimum atomic E-state index is 0.119. The molecule has 0 aliphatic carbocycles. The van der Waals surface area contributed by atoms with E-state index in [1.807, 2.05) is 50.8 Å². The molecular formula is C18H20N4OS. The molecule has 3 aromatic rings. The quantitative estimate of drug-likeness (QED) is 0.731. The van der Waals surface area contributed by atoms with Gasteiger partial charge in [0.05, 0.1) is 12.6 Å². The van der Waals surface area contributed by atoms with Crippen molar-refractivity contribution in [3.63, 3.8) is 0 Å². The van der Waals surface area contributed by atoms with E-state index in [0.29, 0.717) is 0 Å². The Kier molecular flexibility index (Phi) is 4.21. The van der Waals surface area contributed by atoms with E-state index in [1.165, 1.54) is 4.88 Å². The summed E-state index contributed by atoms with van der Waals surface area (Å²) in [7, 11) is 0. The third-order valence-corrected chi connectivity index (χ3v) is 5.40. The molecule has 0 N–H and O–H groups in total. The van der Waals surface area contributed by atoms with Gasteiger partial charge in [-0.25, -0.2) is 0 Å². The lowest BCUT2D eigenvalue weighted by Crippen LogP contribution is -2.41. The molecule has 24 heavy (non-hydrogen) atoms. The molecule has 1 saturated heterocycles. The molecule has 1 amide bonds. The predicted molar refractivity (Wildman–Crippen MR) is 94.3 cm³/mol. The number of likely N-dealkylation sites (tertiary alicyclic amines) is 1. The number of aromatic nitrogens is 3. The maximum absolute atomic E-state index is 13.0. The summed E-state index contributed by atoms with van der Waals surface area (Å²) in [5.41, 5.74) is 0.768. The van der Waals surface area contributed by atoms with Gasteiger partial charge in [0, 0.05) is 36.6 Å². The van der Waals surface area contributed by atoms with E-state index in [9.17, 15) is 4.79 Å². The molecular weight excluding hydrogens is 320 g/mol. The number of nitrogens with zero attached hydrogens (tertiary/aromatic N) is 4. The van der Waals surface area contributed by atoms with Gasteiger partial charge in [0.2, 0.25) is 0 Å². The number of hydrogen-bond donors (Lipinski definition) is 0. The van der Waals surface area contributed by atoms with Gasteiger partial charge in [0.25, 0.3) is 5.91 Å². The van der Waals surface area contributed by atoms with Gasteiger partial charge in [-0.3, -0.25) is 9.48 Å². The number of carbonyl (C=O) groups excluding carboxylic acids is 1. The summed E-state index contributed by atoms with van der Waals surface area (Å²) < 4.78 is 4.02. The molecule has 0 spiro atoms. The molecule has 124 valence electrons. The molecule has 6 heteroatoms. The Hall–Kier alpha value is -2.34. The van der Waals surface area contributed by atoms with E-state index in [0.717, 1.165) is 38.2 Å². The van der Waals surface area contributed by atoms with Crippen molar-refractivity contribution < 1.29 is 4.79 Å². The van der Waals surface area contributed by atoms with Crippen LogP contribution in [0, 0.1) is 0 Å². The van der Waals surface area contributed by atoms with Crippen LogP contribution in [-0.4, -0.2) is 38.2 Å². The average molecular weight is 340 g/mol. The van der Waals surface area contributed by atoms with Crippen LogP contribution < -0.4 is 0 Å². The first-order valence-electron chi connectivity index (χ1n) is 8.27. The Bertz CT molecular complexity index is 791. The number of rotatable bonds is 4. The molecule has 4 heterocycles. The summed E-state index contributed by atoms with van der Waals surface area (Å²) in [5, 5.41) is 6.41. The van der Waals surface area contributed by atoms with Crippen LogP contribution in [0.3, 0.4) is 0 Å². The first-order valence-corrected chi connectivity index (χ1v) is 9.15. The second kappa shape index (κ2) is 6.65. The molecule has 3 aromatic heterocycles. The van der Waals surface area contributed by atoms with Crippen LogP contribution in [0.2, 0.25) is 0 Å². The SMILES string of the molecule is O=C(c1cccn1Cc1cccs1)N1CCC[C@@H](n2cccn2)C1. The zero-order chi connectivity index (χ0) is 16.4. The first-order chi connectivity index (χ1) is 11.8. The summed E-state index contributed by atoms with van der Waals surface area (Å²) in [6.45, 7) is 2.30. The van der Waals surface area contributed by atoms with E-state index in [4.69, 9.17) is 0 Å². The highest BCUT2D eigenvalue weighted by Crippen LogP contribution is 2.23. The van der Waals surface area contributed by atoms with Crippen molar-refractivity contribution in [2.45, 2.75) is 25.4 Å². The predicted octanol–water partition coefficient (Wildman–Crippen LogP) is 3.27. The van der Waals surface area contributed by atoms with Gasteiger partial charge < -0.3 is 9.47 Å². The highest BCUT2D eigenvalue weighted by molar-refractivity contribution is 7.09. The molecule has 0 unspecified atom stereocenters. The number of thiophene rings is 1. The standard InChI is InChI=1S/C18H20N4OS/c23-18(17-7-2-9-20(17)14-16-6-3-12-24-16)21-10-1-5-15(13-21)22-11-4-8-19-22/h2-4,6-9,11-12,15H,1,5,10,13-14H2/t15-/m1/s1. The molecule has 5 nitrogen and oxygen atoms in total. The number of hydrogen-bond acceptors (Lipinski definition) is 3. The van der Waals surface area contributed by atoms with Gasteiger partial charge in [-0.05, 0) is 42.5 Å². The van der Waals surface area contributed by atoms with Crippen LogP contribution in [0.4, 0.5) is 0 Å². The molecule has 0 bridgehead atoms. The number of carbonyl (C=O) groups is 1. The van der Waals surface area contributed by atoms with E-state index in [-0.39, 0.29) is 11.9 Å². The Morgan fingerprint density at radius 3 is 3.00 bits per heavy atom. The van der Waals surface area contributed by atoms with Crippen molar-refractivity contribution in [3.05, 3.63) is 64.9 Å². The first kappa shape index (κ1) is 15.2. The summed E-state index contributed by atoms with van der Waals surface area (Å²) >= 11 is 1.72. The van der Waals surface area contributed by atoms with Crippen LogP contribution in [0.25, 0.3) is 0 Å². The Morgan fingerprint density at radius 2 is 2.21 bits per heavy atom. The van der Waals surface area contributed by atoms with Crippen molar-refractivity contribution >= 4 is 17.2 Å². The molecule has 0 saturated carbocycles. The highest BCUT2D eigenvalue weighted by atomic mass is 32.1. The third-order valence-electron chi connectivity index (χ3n) is 4.54. The Morgan fingerprint density at radius 1 is 1.25 bits per heavy atom. The molecule has 0 aromatic carbocycles. The van der Waals surface area contributed by atoms with Crippen LogP contribution in [0.1, 0.15) is 34.2 Å². The molecule has 4 rings (SSSR count). The van der Waals surface area contributed by atoms with Gasteiger partial charge >= 0.3 is 0 Å². The van der Waals surface area contributed by atoms with E-state index < -0.39 is 0 Å². The van der Waals surface area contributed by atoms with Crippen LogP contribution >= 0.6 is 11.3 Å². The Balaban J connectivity index is 1.50. The van der Waals surface area contributed by atoms with Gasteiger partial charge in [-0.1, -0.05) is 6.07 Å². The lowest BCUT2D eigenvalue weighted by molar-refractivity contribution is 0.0662. The van der Waals surface area contributed by atoms with Crippen molar-refractivity contribution in [2.75, 3.05) is 13.1 Å². The van der Waals surface area contributed by atoms with Crippen molar-refractivity contribution in [1.29, 1.82) is 0 Å². The summed E-state index contributed by atoms with van der Waals surface area (Å²) in [4.78, 5) is 16.2. The summed E-state index contributed by atoms with van der Waals surface area (Å²) in [5.74, 6) is 0.119. The molecule has 1 atom stereocenters. The van der Waals surface area contributed by atoms with Crippen molar-refractivity contribution in [3.8, 4) is 0 Å². The third kappa shape index (κ3) is 3.01. The minimum absolute atomic E-state index is 0.119. The number of amides is 1. The number of piperidine rings is 1. The lowest BCUT2D eigenvalue weighted by Gasteiger charge is -2.33. The summed E-state index contributed by atoms with van der Waals surface area (Å²) in [6, 6.07) is 10.2. The smallest absolute Gasteiger partial charge is 0.270 e. The van der Waals surface area contributed by atoms with Crippen LogP contribution in [0.15, 0.2) is 54.3 Å². The summed E-state index contributed by atoms with van der Waals surface area (Å²) in [6.07, 6.45) is 7.86. The maximum Gasteiger partial charge on any atom is 0.270 e. The normalized spacial score (nSPS) is 18.0. The molecule has 1 fully saturated rings. The van der Waals surface area contributed by atoms with Gasteiger partial charge in [-0.15, -0.1) is 11.3 Å². The van der Waals surface area contributed by atoms with Gasteiger partial charge in [0.1, 0.15) is 5.69 Å². The van der Waals surface area contributed by atoms with Crippen LogP contribution in [-0.2, 0) is 6.54 Å². The molecule has 0 radical (unpaired) electrons. The fourth-order valence-corrected chi connectivity index (χ4v) is 4.03. The second-order valence-electron chi connectivity index (χ2n) is 6.13. The largest absolute Gasteiger partial charge is 0.338 e. The minimum Gasteiger partial charge on any atom is -0.338 e. The fraction of sp³-hybridized carbons (Fsp3) is 0.333. The second-order valence-corrected chi connectivity index (χ2v) is 7.17. The average Bonchev–Trinajstić information content (AvgIpc) is 3.37. The van der Waals surface area contributed by atoms with Crippen molar-refractivity contribution in [1.82, 2.24) is 19.2 Å². The van der Waals surface area contributed by atoms with Crippen molar-refractivity contribution in [2.24, 2.45) is 0 Å². The van der Waals surface area contributed by atoms with E-state index in [1.54, 1.807) is 17.5 Å². The van der Waals surface area contributed by atoms with Gasteiger partial charge in [0.15, 0.2) is 0 Å². The van der Waals surface area contributed by atoms with E-state index in [2.05, 4.69) is 16.5 Å².